The van der Waals surface area contributed by atoms with E-state index in [0.717, 1.165) is 31.2 Å². The summed E-state index contributed by atoms with van der Waals surface area (Å²) in [5.74, 6) is -2.58. The average Bonchev–Trinajstić information content (AvgIpc) is 2.72. The Morgan fingerprint density at radius 2 is 1.67 bits per heavy atom. The molecule has 0 aromatic heterocycles. The van der Waals surface area contributed by atoms with Gasteiger partial charge in [-0.1, -0.05) is 49.6 Å². The second-order valence-electron chi connectivity index (χ2n) is 8.47. The zero-order valence-electron chi connectivity index (χ0n) is 18.4. The fourth-order valence-electron chi connectivity index (χ4n) is 3.74. The molecule has 1 fully saturated rings. The van der Waals surface area contributed by atoms with E-state index in [1.54, 1.807) is 0 Å². The molecule has 188 valence electrons. The van der Waals surface area contributed by atoms with Crippen LogP contribution >= 0.6 is 7.37 Å². The molecule has 1 saturated carbocycles. The summed E-state index contributed by atoms with van der Waals surface area (Å²) in [4.78, 5) is 31.3. The van der Waals surface area contributed by atoms with Crippen LogP contribution in [-0.2, 0) is 20.6 Å². The van der Waals surface area contributed by atoms with E-state index in [4.69, 9.17) is 15.6 Å². The first kappa shape index (κ1) is 29.3. The molecule has 1 unspecified atom stereocenters. The summed E-state index contributed by atoms with van der Waals surface area (Å²) in [6, 6.07) is 8.97. The lowest BCUT2D eigenvalue weighted by molar-refractivity contribution is -0.192. The lowest BCUT2D eigenvalue weighted by Crippen LogP contribution is -2.33. The first-order chi connectivity index (χ1) is 15.3. The van der Waals surface area contributed by atoms with Crippen molar-refractivity contribution in [3.63, 3.8) is 0 Å². The van der Waals surface area contributed by atoms with E-state index < -0.39 is 31.7 Å². The van der Waals surface area contributed by atoms with Gasteiger partial charge in [0.2, 0.25) is 7.37 Å². The van der Waals surface area contributed by atoms with Gasteiger partial charge in [-0.2, -0.15) is 13.2 Å². The summed E-state index contributed by atoms with van der Waals surface area (Å²) in [5.41, 5.74) is 6.95. The molecule has 33 heavy (non-hydrogen) atoms. The minimum Gasteiger partial charge on any atom is -0.475 e. The smallest absolute Gasteiger partial charge is 0.475 e. The zero-order valence-corrected chi connectivity index (χ0v) is 19.3. The van der Waals surface area contributed by atoms with Crippen LogP contribution in [0.4, 0.5) is 13.2 Å². The van der Waals surface area contributed by atoms with Crippen molar-refractivity contribution < 1.29 is 42.4 Å². The topological polar surface area (TPSA) is 138 Å². The molecule has 1 aliphatic carbocycles. The summed E-state index contributed by atoms with van der Waals surface area (Å²) >= 11 is 0. The molecule has 1 aromatic rings. The number of carboxylic acids is 1. The normalized spacial score (nSPS) is 18.4. The Balaban J connectivity index is 0.000000675. The van der Waals surface area contributed by atoms with Crippen molar-refractivity contribution in [3.05, 3.63) is 35.9 Å². The average molecular weight is 495 g/mol. The number of halogens is 3. The van der Waals surface area contributed by atoms with Crippen molar-refractivity contribution in [2.24, 2.45) is 11.7 Å². The molecule has 0 radical (unpaired) electrons. The van der Waals surface area contributed by atoms with Crippen LogP contribution in [0, 0.1) is 5.92 Å². The monoisotopic (exact) mass is 495 g/mol. The van der Waals surface area contributed by atoms with Crippen molar-refractivity contribution in [1.29, 1.82) is 0 Å². The molecule has 0 saturated heterocycles. The number of aliphatic hydroxyl groups excluding tert-OH is 1. The molecule has 0 heterocycles. The van der Waals surface area contributed by atoms with Gasteiger partial charge in [-0.15, -0.1) is 0 Å². The quantitative estimate of drug-likeness (QED) is 0.363. The number of benzene rings is 1. The van der Waals surface area contributed by atoms with Gasteiger partial charge < -0.3 is 20.8 Å². The van der Waals surface area contributed by atoms with Crippen LogP contribution in [0.2, 0.25) is 0 Å². The lowest BCUT2D eigenvalue weighted by atomic mass is 9.91. The van der Waals surface area contributed by atoms with Crippen LogP contribution in [0.5, 0.6) is 0 Å². The Kier molecular flexibility index (Phi) is 12.3. The maximum absolute atomic E-state index is 12.4. The van der Waals surface area contributed by atoms with Crippen LogP contribution in [0.3, 0.4) is 0 Å². The molecule has 2 rings (SSSR count). The van der Waals surface area contributed by atoms with E-state index in [0.29, 0.717) is 18.5 Å². The van der Waals surface area contributed by atoms with E-state index in [-0.39, 0.29) is 24.8 Å². The fourth-order valence-corrected chi connectivity index (χ4v) is 5.91. The number of rotatable bonds is 10. The van der Waals surface area contributed by atoms with Gasteiger partial charge in [0, 0.05) is 12.6 Å². The van der Waals surface area contributed by atoms with Crippen LogP contribution in [-0.4, -0.2) is 57.5 Å². The van der Waals surface area contributed by atoms with Crippen LogP contribution in [0.15, 0.2) is 30.3 Å². The minimum absolute atomic E-state index is 0.118. The van der Waals surface area contributed by atoms with E-state index in [1.165, 1.54) is 6.42 Å². The van der Waals surface area contributed by atoms with E-state index >= 15 is 0 Å². The van der Waals surface area contributed by atoms with Crippen molar-refractivity contribution in [2.45, 2.75) is 69.7 Å². The highest BCUT2D eigenvalue weighted by Crippen LogP contribution is 2.46. The van der Waals surface area contributed by atoms with E-state index in [2.05, 4.69) is 0 Å². The van der Waals surface area contributed by atoms with Gasteiger partial charge in [0.05, 0.1) is 18.3 Å². The number of aliphatic carboxylic acids is 1. The van der Waals surface area contributed by atoms with Crippen molar-refractivity contribution >= 4 is 19.1 Å². The number of carbonyl (C=O) groups is 2. The second-order valence-corrected chi connectivity index (χ2v) is 10.9. The molecule has 7 nitrogen and oxygen atoms in total. The summed E-state index contributed by atoms with van der Waals surface area (Å²) < 4.78 is 44.1. The molecule has 5 N–H and O–H groups in total. The Labute approximate surface area is 191 Å². The standard InChI is InChI=1S/C20H32NO4P.C2HF3O2/c21-19(13-16-7-3-1-4-8-16)20(23)12-11-18(22)15-26(24,25)14-17-9-5-2-6-10-17;3-2(4,5)1(6)7/h1,3-4,7-8,17-19,22H,2,5-6,9-15,21H2,(H,24,25);(H,6,7)/t18-,19+;/m1./s1. The van der Waals surface area contributed by atoms with Crippen LogP contribution < -0.4 is 5.73 Å². The zero-order chi connectivity index (χ0) is 25.1. The third-order valence-electron chi connectivity index (χ3n) is 5.44. The van der Waals surface area contributed by atoms with Gasteiger partial charge in [-0.25, -0.2) is 4.79 Å². The summed E-state index contributed by atoms with van der Waals surface area (Å²) in [6.07, 6.45) is 0.437. The molecular weight excluding hydrogens is 462 g/mol. The highest BCUT2D eigenvalue weighted by atomic mass is 31.2. The SMILES string of the molecule is N[C@@H](Cc1ccccc1)C(=O)CC[C@@H](O)CP(=O)(O)CC1CCCCC1.O=C(O)C(F)(F)F. The number of aliphatic hydroxyl groups is 1. The van der Waals surface area contributed by atoms with E-state index in [9.17, 15) is 32.5 Å². The third-order valence-corrected chi connectivity index (χ3v) is 7.52. The largest absolute Gasteiger partial charge is 0.490 e. The Hall–Kier alpha value is -1.74. The molecule has 3 atom stereocenters. The number of hydrogen-bond acceptors (Lipinski definition) is 5. The number of nitrogens with two attached hydrogens (primary N) is 1. The summed E-state index contributed by atoms with van der Waals surface area (Å²) in [5, 5.41) is 17.2. The van der Waals surface area contributed by atoms with Crippen LogP contribution in [0.1, 0.15) is 50.5 Å². The maximum atomic E-state index is 12.4. The van der Waals surface area contributed by atoms with Crippen molar-refractivity contribution in [3.8, 4) is 0 Å². The summed E-state index contributed by atoms with van der Waals surface area (Å²) in [7, 11) is -3.35. The molecule has 0 bridgehead atoms. The molecule has 0 amide bonds. The number of Topliss-reactive ketones (excluding diaryl/α,β-unsaturated/α-hetero) is 1. The molecule has 11 heteroatoms. The fraction of sp³-hybridized carbons (Fsp3) is 0.636. The van der Waals surface area contributed by atoms with E-state index in [1.807, 2.05) is 30.3 Å². The maximum Gasteiger partial charge on any atom is 0.490 e. The highest BCUT2D eigenvalue weighted by Gasteiger charge is 2.38. The number of ketones is 1. The number of carboxylic acid groups (broad SMARTS) is 1. The molecular formula is C22H33F3NO6P. The molecule has 0 aliphatic heterocycles. The number of carbonyl (C=O) groups excluding carboxylic acids is 1. The third kappa shape index (κ3) is 12.9. The predicted octanol–water partition coefficient (Wildman–Crippen LogP) is 3.75. The number of alkyl halides is 3. The highest BCUT2D eigenvalue weighted by molar-refractivity contribution is 7.58. The molecule has 1 aromatic carbocycles. The molecule has 1 aliphatic rings. The predicted molar refractivity (Wildman–Crippen MR) is 118 cm³/mol. The van der Waals surface area contributed by atoms with Crippen LogP contribution in [0.25, 0.3) is 0 Å². The van der Waals surface area contributed by atoms with Gasteiger partial charge in [-0.3, -0.25) is 9.36 Å². The first-order valence-corrected chi connectivity index (χ1v) is 12.9. The number of hydrogen-bond donors (Lipinski definition) is 4. The Morgan fingerprint density at radius 3 is 2.18 bits per heavy atom. The van der Waals surface area contributed by atoms with Gasteiger partial charge >= 0.3 is 12.1 Å². The second kappa shape index (κ2) is 13.8. The summed E-state index contributed by atoms with van der Waals surface area (Å²) in [6.45, 7) is 0. The Morgan fingerprint density at radius 1 is 1.12 bits per heavy atom. The molecule has 0 spiro atoms. The van der Waals surface area contributed by atoms with Crippen molar-refractivity contribution in [2.75, 3.05) is 12.3 Å². The Bertz CT molecular complexity index is 784. The lowest BCUT2D eigenvalue weighted by Gasteiger charge is -2.25. The van der Waals surface area contributed by atoms with Gasteiger partial charge in [0.1, 0.15) is 5.78 Å². The van der Waals surface area contributed by atoms with Gasteiger partial charge in [0.15, 0.2) is 0 Å². The van der Waals surface area contributed by atoms with Gasteiger partial charge in [0.25, 0.3) is 0 Å². The first-order valence-electron chi connectivity index (χ1n) is 10.9. The minimum atomic E-state index is -5.08. The van der Waals surface area contributed by atoms with Crippen molar-refractivity contribution in [1.82, 2.24) is 0 Å². The van der Waals surface area contributed by atoms with Gasteiger partial charge in [-0.05, 0) is 37.2 Å².